The summed E-state index contributed by atoms with van der Waals surface area (Å²) in [4.78, 5) is 25.8. The van der Waals surface area contributed by atoms with Crippen LogP contribution in [-0.4, -0.2) is 25.0 Å². The van der Waals surface area contributed by atoms with Crippen molar-refractivity contribution in [2.75, 3.05) is 23.3 Å². The first-order valence-electron chi connectivity index (χ1n) is 7.54. The molecule has 0 saturated heterocycles. The summed E-state index contributed by atoms with van der Waals surface area (Å²) in [7, 11) is 0. The summed E-state index contributed by atoms with van der Waals surface area (Å²) in [6, 6.07) is 10.8. The molecule has 0 aliphatic carbocycles. The van der Waals surface area contributed by atoms with Gasteiger partial charge in [0, 0.05) is 10.7 Å². The van der Waals surface area contributed by atoms with Crippen LogP contribution in [0.3, 0.4) is 0 Å². The van der Waals surface area contributed by atoms with Gasteiger partial charge in [-0.1, -0.05) is 29.3 Å². The van der Waals surface area contributed by atoms with E-state index in [1.54, 1.807) is 23.1 Å². The van der Waals surface area contributed by atoms with Gasteiger partial charge in [0.25, 0.3) is 0 Å². The topological polar surface area (TPSA) is 58.6 Å². The van der Waals surface area contributed by atoms with E-state index >= 15 is 0 Å². The van der Waals surface area contributed by atoms with Crippen LogP contribution in [0, 0.1) is 13.8 Å². The molecule has 0 spiro atoms. The maximum atomic E-state index is 12.4. The quantitative estimate of drug-likeness (QED) is 0.685. The predicted molar refractivity (Wildman–Crippen MR) is 93.8 cm³/mol. The SMILES string of the molecule is Cc1ccc(NC(=O)CN2CC(=O)Oc3ccc(Cl)cc32)c(C)c1. The summed E-state index contributed by atoms with van der Waals surface area (Å²) in [5, 5.41) is 3.40. The highest BCUT2D eigenvalue weighted by atomic mass is 35.5. The van der Waals surface area contributed by atoms with E-state index < -0.39 is 5.97 Å². The van der Waals surface area contributed by atoms with E-state index in [-0.39, 0.29) is 19.0 Å². The van der Waals surface area contributed by atoms with Crippen molar-refractivity contribution in [1.29, 1.82) is 0 Å². The number of anilines is 2. The van der Waals surface area contributed by atoms with Crippen LogP contribution in [0.5, 0.6) is 5.75 Å². The summed E-state index contributed by atoms with van der Waals surface area (Å²) in [5.74, 6) is -0.193. The fourth-order valence-electron chi connectivity index (χ4n) is 2.68. The van der Waals surface area contributed by atoms with Crippen molar-refractivity contribution in [2.45, 2.75) is 13.8 Å². The highest BCUT2D eigenvalue weighted by Crippen LogP contribution is 2.34. The van der Waals surface area contributed by atoms with E-state index in [9.17, 15) is 9.59 Å². The normalized spacial score (nSPS) is 13.3. The highest BCUT2D eigenvalue weighted by Gasteiger charge is 2.26. The molecule has 3 rings (SSSR count). The Labute approximate surface area is 145 Å². The van der Waals surface area contributed by atoms with Crippen molar-refractivity contribution in [3.8, 4) is 5.75 Å². The van der Waals surface area contributed by atoms with Crippen molar-refractivity contribution >= 4 is 34.9 Å². The Hall–Kier alpha value is -2.53. The highest BCUT2D eigenvalue weighted by molar-refractivity contribution is 6.31. The number of aryl methyl sites for hydroxylation is 2. The molecule has 0 aromatic heterocycles. The molecule has 24 heavy (non-hydrogen) atoms. The molecule has 1 aliphatic rings. The minimum absolute atomic E-state index is 0.00758. The Morgan fingerprint density at radius 1 is 1.25 bits per heavy atom. The molecule has 6 heteroatoms. The minimum atomic E-state index is -0.399. The molecule has 2 aromatic rings. The first-order valence-corrected chi connectivity index (χ1v) is 7.92. The van der Waals surface area contributed by atoms with E-state index in [1.807, 2.05) is 32.0 Å². The molecule has 1 heterocycles. The zero-order chi connectivity index (χ0) is 17.3. The van der Waals surface area contributed by atoms with Gasteiger partial charge in [-0.15, -0.1) is 0 Å². The Bertz CT molecular complexity index is 820. The zero-order valence-corrected chi connectivity index (χ0v) is 14.2. The lowest BCUT2D eigenvalue weighted by molar-refractivity contribution is -0.133. The molecule has 0 fully saturated rings. The number of benzene rings is 2. The molecule has 0 saturated carbocycles. The third kappa shape index (κ3) is 3.51. The molecule has 0 bridgehead atoms. The van der Waals surface area contributed by atoms with Crippen LogP contribution in [-0.2, 0) is 9.59 Å². The number of carbonyl (C=O) groups excluding carboxylic acids is 2. The molecule has 1 N–H and O–H groups in total. The smallest absolute Gasteiger partial charge is 0.331 e. The van der Waals surface area contributed by atoms with Crippen molar-refractivity contribution in [1.82, 2.24) is 0 Å². The van der Waals surface area contributed by atoms with Crippen LogP contribution in [0.1, 0.15) is 11.1 Å². The number of hydrogen-bond donors (Lipinski definition) is 1. The standard InChI is InChI=1S/C18H17ClN2O3/c1-11-3-5-14(12(2)7-11)20-17(22)9-21-10-18(23)24-16-6-4-13(19)8-15(16)21/h3-8H,9-10H2,1-2H3,(H,20,22). The average Bonchev–Trinajstić information content (AvgIpc) is 2.51. The molecular formula is C18H17ClN2O3. The Morgan fingerprint density at radius 3 is 2.79 bits per heavy atom. The van der Waals surface area contributed by atoms with E-state index in [0.717, 1.165) is 16.8 Å². The van der Waals surface area contributed by atoms with Crippen LogP contribution >= 0.6 is 11.6 Å². The second-order valence-corrected chi connectivity index (χ2v) is 6.25. The number of rotatable bonds is 3. The largest absolute Gasteiger partial charge is 0.423 e. The Morgan fingerprint density at radius 2 is 2.04 bits per heavy atom. The van der Waals surface area contributed by atoms with Gasteiger partial charge in [-0.25, -0.2) is 4.79 Å². The number of ether oxygens (including phenoxy) is 1. The van der Waals surface area contributed by atoms with E-state index in [2.05, 4.69) is 5.32 Å². The summed E-state index contributed by atoms with van der Waals surface area (Å²) in [5.41, 5.74) is 3.52. The van der Waals surface area contributed by atoms with E-state index in [4.69, 9.17) is 16.3 Å². The second-order valence-electron chi connectivity index (χ2n) is 5.81. The van der Waals surface area contributed by atoms with Crippen LogP contribution in [0.4, 0.5) is 11.4 Å². The van der Waals surface area contributed by atoms with Gasteiger partial charge >= 0.3 is 5.97 Å². The number of nitrogens with zero attached hydrogens (tertiary/aromatic N) is 1. The number of fused-ring (bicyclic) bond motifs is 1. The van der Waals surface area contributed by atoms with Crippen molar-refractivity contribution in [3.63, 3.8) is 0 Å². The average molecular weight is 345 g/mol. The van der Waals surface area contributed by atoms with Crippen LogP contribution in [0.15, 0.2) is 36.4 Å². The van der Waals surface area contributed by atoms with Gasteiger partial charge in [-0.2, -0.15) is 0 Å². The lowest BCUT2D eigenvalue weighted by atomic mass is 10.1. The van der Waals surface area contributed by atoms with Gasteiger partial charge in [0.15, 0.2) is 5.75 Å². The maximum absolute atomic E-state index is 12.4. The number of esters is 1. The van der Waals surface area contributed by atoms with Gasteiger partial charge in [-0.05, 0) is 43.7 Å². The summed E-state index contributed by atoms with van der Waals surface area (Å²) in [6.07, 6.45) is 0. The molecule has 1 aliphatic heterocycles. The van der Waals surface area contributed by atoms with Crippen molar-refractivity contribution in [3.05, 3.63) is 52.5 Å². The first-order chi connectivity index (χ1) is 11.4. The zero-order valence-electron chi connectivity index (χ0n) is 13.4. The fraction of sp³-hybridized carbons (Fsp3) is 0.222. The van der Waals surface area contributed by atoms with E-state index in [1.165, 1.54) is 0 Å². The Balaban J connectivity index is 1.77. The van der Waals surface area contributed by atoms with Crippen LogP contribution in [0.25, 0.3) is 0 Å². The van der Waals surface area contributed by atoms with Crippen LogP contribution in [0.2, 0.25) is 5.02 Å². The number of hydrogen-bond acceptors (Lipinski definition) is 4. The number of carbonyl (C=O) groups is 2. The van der Waals surface area contributed by atoms with Crippen molar-refractivity contribution < 1.29 is 14.3 Å². The molecule has 2 aromatic carbocycles. The summed E-state index contributed by atoms with van der Waals surface area (Å²) >= 11 is 6.01. The lowest BCUT2D eigenvalue weighted by Crippen LogP contribution is -2.41. The number of halogens is 1. The predicted octanol–water partition coefficient (Wildman–Crippen LogP) is 3.32. The third-order valence-corrected chi connectivity index (χ3v) is 4.03. The van der Waals surface area contributed by atoms with Crippen LogP contribution < -0.4 is 15.0 Å². The van der Waals surface area contributed by atoms with Gasteiger partial charge in [0.05, 0.1) is 12.2 Å². The lowest BCUT2D eigenvalue weighted by Gasteiger charge is -2.29. The second kappa shape index (κ2) is 6.53. The van der Waals surface area contributed by atoms with Gasteiger partial charge in [-0.3, -0.25) is 4.79 Å². The maximum Gasteiger partial charge on any atom is 0.331 e. The Kier molecular flexibility index (Phi) is 4.44. The third-order valence-electron chi connectivity index (χ3n) is 3.80. The molecule has 124 valence electrons. The summed E-state index contributed by atoms with van der Waals surface area (Å²) < 4.78 is 5.18. The monoisotopic (exact) mass is 344 g/mol. The first kappa shape index (κ1) is 16.3. The molecule has 0 atom stereocenters. The summed E-state index contributed by atoms with van der Waals surface area (Å²) in [6.45, 7) is 3.98. The molecule has 0 radical (unpaired) electrons. The van der Waals surface area contributed by atoms with Crippen molar-refractivity contribution in [2.24, 2.45) is 0 Å². The van der Waals surface area contributed by atoms with Gasteiger partial charge in [0.1, 0.15) is 6.54 Å². The fourth-order valence-corrected chi connectivity index (χ4v) is 2.84. The van der Waals surface area contributed by atoms with Gasteiger partial charge < -0.3 is 15.0 Å². The van der Waals surface area contributed by atoms with E-state index in [0.29, 0.717) is 16.5 Å². The minimum Gasteiger partial charge on any atom is -0.423 e. The molecule has 0 unspecified atom stereocenters. The molecule has 1 amide bonds. The van der Waals surface area contributed by atoms with Gasteiger partial charge in [0.2, 0.25) is 5.91 Å². The number of nitrogens with one attached hydrogen (secondary N) is 1. The molecular weight excluding hydrogens is 328 g/mol. The number of amides is 1. The molecule has 5 nitrogen and oxygen atoms in total.